The van der Waals surface area contributed by atoms with Gasteiger partial charge in [-0.2, -0.15) is 5.10 Å². The Morgan fingerprint density at radius 1 is 1.00 bits per heavy atom. The van der Waals surface area contributed by atoms with E-state index in [4.69, 9.17) is 5.10 Å². The monoisotopic (exact) mass is 611 g/mol. The second-order valence-electron chi connectivity index (χ2n) is 12.4. The van der Waals surface area contributed by atoms with Crippen molar-refractivity contribution >= 4 is 33.4 Å². The van der Waals surface area contributed by atoms with E-state index in [0.717, 1.165) is 35.6 Å². The fraction of sp³-hybridized carbons (Fsp3) is 0.314. The zero-order valence-electron chi connectivity index (χ0n) is 25.8. The van der Waals surface area contributed by atoms with Gasteiger partial charge in [0.1, 0.15) is 5.82 Å². The third-order valence-electron chi connectivity index (χ3n) is 8.10. The number of hydrogen-bond acceptors (Lipinski definition) is 5. The van der Waals surface area contributed by atoms with Crippen LogP contribution in [-0.2, 0) is 15.3 Å². The number of sulfone groups is 1. The molecule has 0 spiro atoms. The predicted molar refractivity (Wildman–Crippen MR) is 178 cm³/mol. The molecule has 9 heteroatoms. The summed E-state index contributed by atoms with van der Waals surface area (Å²) in [5.41, 5.74) is 4.41. The maximum Gasteiger partial charge on any atom is 0.324 e. The van der Waals surface area contributed by atoms with E-state index in [-0.39, 0.29) is 16.2 Å². The van der Waals surface area contributed by atoms with Gasteiger partial charge in [0.05, 0.1) is 21.5 Å². The van der Waals surface area contributed by atoms with Crippen molar-refractivity contribution in [2.75, 3.05) is 23.7 Å². The summed E-state index contributed by atoms with van der Waals surface area (Å²) in [5.74, 6) is 0.391. The van der Waals surface area contributed by atoms with Gasteiger partial charge >= 0.3 is 6.03 Å². The molecule has 3 N–H and O–H groups in total. The topological polar surface area (TPSA) is 105 Å². The summed E-state index contributed by atoms with van der Waals surface area (Å²) in [6.45, 7) is 13.5. The molecule has 1 aliphatic rings. The molecular weight excluding hydrogens is 570 g/mol. The molecule has 0 bridgehead atoms. The number of aromatic nitrogens is 2. The van der Waals surface area contributed by atoms with Crippen LogP contribution >= 0.6 is 0 Å². The van der Waals surface area contributed by atoms with Crippen molar-refractivity contribution in [1.29, 1.82) is 0 Å². The minimum atomic E-state index is -3.80. The molecule has 4 aromatic rings. The van der Waals surface area contributed by atoms with Gasteiger partial charge in [0.25, 0.3) is 0 Å². The number of carbonyl (C=O) groups is 1. The van der Waals surface area contributed by atoms with Crippen LogP contribution in [0.2, 0.25) is 0 Å². The first-order chi connectivity index (χ1) is 21.0. The number of nitrogens with zero attached hydrogens (tertiary/aromatic N) is 2. The Kier molecular flexibility index (Phi) is 9.08. The number of para-hydroxylation sites is 1. The molecule has 0 saturated carbocycles. The van der Waals surface area contributed by atoms with Crippen LogP contribution in [0.5, 0.6) is 0 Å². The molecule has 1 unspecified atom stereocenters. The number of benzene rings is 3. The molecule has 2 amide bonds. The van der Waals surface area contributed by atoms with Crippen molar-refractivity contribution in [2.45, 2.75) is 56.1 Å². The van der Waals surface area contributed by atoms with Gasteiger partial charge in [0.2, 0.25) is 0 Å². The maximum absolute atomic E-state index is 14.3. The Bertz CT molecular complexity index is 1730. The van der Waals surface area contributed by atoms with Crippen molar-refractivity contribution < 1.29 is 13.2 Å². The molecule has 1 aliphatic heterocycles. The van der Waals surface area contributed by atoms with Gasteiger partial charge in [-0.3, -0.25) is 5.32 Å². The molecule has 44 heavy (non-hydrogen) atoms. The van der Waals surface area contributed by atoms with Gasteiger partial charge in [-0.25, -0.2) is 17.9 Å². The SMILES string of the molecule is C=Cc1ccc(S(=O)(=O)C(c2ccccc2NC(=O)Nc2cc(C(C)(C)C)nn2-c2ccc(C)cc2)C2CCNCC2)cc1. The van der Waals surface area contributed by atoms with Gasteiger partial charge < -0.3 is 10.6 Å². The second-order valence-corrected chi connectivity index (χ2v) is 14.5. The summed E-state index contributed by atoms with van der Waals surface area (Å²) < 4.78 is 30.3. The number of anilines is 2. The summed E-state index contributed by atoms with van der Waals surface area (Å²) >= 11 is 0. The zero-order valence-corrected chi connectivity index (χ0v) is 26.6. The number of carbonyl (C=O) groups excluding carboxylic acids is 1. The highest BCUT2D eigenvalue weighted by atomic mass is 32.2. The lowest BCUT2D eigenvalue weighted by Crippen LogP contribution is -2.34. The van der Waals surface area contributed by atoms with E-state index in [1.54, 1.807) is 47.2 Å². The lowest BCUT2D eigenvalue weighted by Gasteiger charge is -2.32. The third-order valence-corrected chi connectivity index (χ3v) is 10.3. The summed E-state index contributed by atoms with van der Waals surface area (Å²) in [5, 5.41) is 13.3. The van der Waals surface area contributed by atoms with Gasteiger partial charge in [0, 0.05) is 17.2 Å². The standard InChI is InChI=1S/C35H41N5O3S/c1-6-25-13-17-28(18-14-25)44(42,43)33(26-19-21-36-22-20-26)29-9-7-8-10-30(29)37-34(41)38-32-23-31(35(3,4)5)39-40(32)27-15-11-24(2)12-16-27/h6-18,23,26,33,36H,1,19-22H2,2-5H3,(H2,37,38,41). The fourth-order valence-electron chi connectivity index (χ4n) is 5.61. The first-order valence-corrected chi connectivity index (χ1v) is 16.5. The van der Waals surface area contributed by atoms with E-state index >= 15 is 0 Å². The van der Waals surface area contributed by atoms with Crippen molar-refractivity contribution in [3.05, 3.63) is 108 Å². The third kappa shape index (κ3) is 6.79. The van der Waals surface area contributed by atoms with Crippen molar-refractivity contribution in [3.8, 4) is 5.69 Å². The Hall–Kier alpha value is -4.21. The fourth-order valence-corrected chi connectivity index (χ4v) is 7.74. The summed E-state index contributed by atoms with van der Waals surface area (Å²) in [7, 11) is -3.80. The maximum atomic E-state index is 14.3. The van der Waals surface area contributed by atoms with Crippen LogP contribution in [0.3, 0.4) is 0 Å². The van der Waals surface area contributed by atoms with E-state index in [1.807, 2.05) is 49.4 Å². The van der Waals surface area contributed by atoms with Gasteiger partial charge in [-0.15, -0.1) is 0 Å². The van der Waals surface area contributed by atoms with E-state index in [2.05, 4.69) is 43.3 Å². The van der Waals surface area contributed by atoms with Gasteiger partial charge in [-0.05, 0) is 80.2 Å². The largest absolute Gasteiger partial charge is 0.324 e. The normalized spacial score (nSPS) is 15.0. The molecule has 1 fully saturated rings. The molecule has 0 aliphatic carbocycles. The molecule has 0 radical (unpaired) electrons. The van der Waals surface area contributed by atoms with Crippen molar-refractivity contribution in [1.82, 2.24) is 15.1 Å². The number of rotatable bonds is 8. The van der Waals surface area contributed by atoms with Crippen LogP contribution in [0.15, 0.2) is 90.3 Å². The average Bonchev–Trinajstić information content (AvgIpc) is 3.43. The first-order valence-electron chi connectivity index (χ1n) is 15.0. The molecule has 3 aromatic carbocycles. The van der Waals surface area contributed by atoms with Gasteiger partial charge in [0.15, 0.2) is 9.84 Å². The van der Waals surface area contributed by atoms with Crippen LogP contribution in [0, 0.1) is 12.8 Å². The number of hydrogen-bond donors (Lipinski definition) is 3. The van der Waals surface area contributed by atoms with Crippen molar-refractivity contribution in [2.24, 2.45) is 5.92 Å². The molecular formula is C35H41N5O3S. The highest BCUT2D eigenvalue weighted by molar-refractivity contribution is 7.91. The number of aryl methyl sites for hydroxylation is 1. The number of nitrogens with one attached hydrogen (secondary N) is 3. The highest BCUT2D eigenvalue weighted by Gasteiger charge is 2.38. The Morgan fingerprint density at radius 2 is 1.66 bits per heavy atom. The Labute approximate surface area is 260 Å². The lowest BCUT2D eigenvalue weighted by atomic mass is 9.89. The van der Waals surface area contributed by atoms with Crippen LogP contribution in [0.1, 0.15) is 61.2 Å². The predicted octanol–water partition coefficient (Wildman–Crippen LogP) is 7.28. The van der Waals surface area contributed by atoms with E-state index in [9.17, 15) is 13.2 Å². The molecule has 8 nitrogen and oxygen atoms in total. The number of amides is 2. The number of urea groups is 1. The van der Waals surface area contributed by atoms with E-state index < -0.39 is 21.1 Å². The highest BCUT2D eigenvalue weighted by Crippen LogP contribution is 2.42. The Morgan fingerprint density at radius 3 is 2.30 bits per heavy atom. The molecule has 5 rings (SSSR count). The quantitative estimate of drug-likeness (QED) is 0.194. The Balaban J connectivity index is 1.49. The second kappa shape index (κ2) is 12.8. The molecule has 1 aromatic heterocycles. The van der Waals surface area contributed by atoms with Gasteiger partial charge in [-0.1, -0.05) is 81.5 Å². The smallest absolute Gasteiger partial charge is 0.317 e. The van der Waals surface area contributed by atoms with E-state index in [0.29, 0.717) is 29.9 Å². The average molecular weight is 612 g/mol. The molecule has 1 atom stereocenters. The van der Waals surface area contributed by atoms with Crippen LogP contribution in [0.25, 0.3) is 11.8 Å². The van der Waals surface area contributed by atoms with E-state index in [1.165, 1.54) is 0 Å². The molecule has 2 heterocycles. The van der Waals surface area contributed by atoms with Crippen LogP contribution in [0.4, 0.5) is 16.3 Å². The first kappa shape index (κ1) is 31.2. The van der Waals surface area contributed by atoms with Crippen LogP contribution in [-0.4, -0.2) is 37.3 Å². The van der Waals surface area contributed by atoms with Crippen molar-refractivity contribution in [3.63, 3.8) is 0 Å². The molecule has 230 valence electrons. The lowest BCUT2D eigenvalue weighted by molar-refractivity contribution is 0.262. The molecule has 1 saturated heterocycles. The minimum absolute atomic E-state index is 0.122. The number of piperidine rings is 1. The van der Waals surface area contributed by atoms with Crippen LogP contribution < -0.4 is 16.0 Å². The zero-order chi connectivity index (χ0) is 31.5. The summed E-state index contributed by atoms with van der Waals surface area (Å²) in [6.07, 6.45) is 3.11. The summed E-state index contributed by atoms with van der Waals surface area (Å²) in [4.78, 5) is 13.8. The summed E-state index contributed by atoms with van der Waals surface area (Å²) in [6, 6.07) is 23.3. The minimum Gasteiger partial charge on any atom is -0.317 e.